The number of carbonyl (C=O) groups is 1. The van der Waals surface area contributed by atoms with Gasteiger partial charge in [-0.2, -0.15) is 0 Å². The van der Waals surface area contributed by atoms with Gasteiger partial charge in [-0.1, -0.05) is 36.0 Å². The molecule has 134 valence electrons. The number of hydrogen-bond acceptors (Lipinski definition) is 5. The van der Waals surface area contributed by atoms with Gasteiger partial charge in [0, 0.05) is 5.69 Å². The first-order chi connectivity index (χ1) is 12.6. The van der Waals surface area contributed by atoms with Gasteiger partial charge in [0.05, 0.1) is 5.75 Å². The number of H-pyrrole nitrogens is 1. The summed E-state index contributed by atoms with van der Waals surface area (Å²) in [5.74, 6) is 1.54. The Balaban J connectivity index is 1.47. The van der Waals surface area contributed by atoms with E-state index in [1.54, 1.807) is 0 Å². The lowest BCUT2D eigenvalue weighted by Crippen LogP contribution is -2.14. The Morgan fingerprint density at radius 2 is 1.88 bits per heavy atom. The number of anilines is 1. The van der Waals surface area contributed by atoms with Gasteiger partial charge in [-0.3, -0.25) is 9.89 Å². The Labute approximate surface area is 156 Å². The van der Waals surface area contributed by atoms with E-state index in [-0.39, 0.29) is 11.7 Å². The third-order valence-electron chi connectivity index (χ3n) is 3.47. The SMILES string of the molecule is Cc1cc(C)cc(NC(=O)CSc2n[nH]c(COc3ccccc3)n2)c1. The average Bonchev–Trinajstić information content (AvgIpc) is 3.06. The number of rotatable bonds is 7. The Morgan fingerprint density at radius 1 is 1.15 bits per heavy atom. The standard InChI is InChI=1S/C19H20N4O2S/c1-13-8-14(2)10-15(9-13)20-18(24)12-26-19-21-17(22-23-19)11-25-16-6-4-3-5-7-16/h3-10H,11-12H2,1-2H3,(H,20,24)(H,21,22,23). The lowest BCUT2D eigenvalue weighted by Gasteiger charge is -2.06. The van der Waals surface area contributed by atoms with Crippen molar-refractivity contribution in [2.45, 2.75) is 25.6 Å². The van der Waals surface area contributed by atoms with Gasteiger partial charge < -0.3 is 10.1 Å². The van der Waals surface area contributed by atoms with E-state index in [9.17, 15) is 4.79 Å². The van der Waals surface area contributed by atoms with Crippen LogP contribution in [0.5, 0.6) is 5.75 Å². The summed E-state index contributed by atoms with van der Waals surface area (Å²) >= 11 is 1.28. The minimum Gasteiger partial charge on any atom is -0.486 e. The molecule has 1 amide bonds. The molecule has 0 atom stereocenters. The van der Waals surface area contributed by atoms with Crippen LogP contribution in [-0.2, 0) is 11.4 Å². The number of benzene rings is 2. The van der Waals surface area contributed by atoms with Crippen LogP contribution in [0, 0.1) is 13.8 Å². The number of carbonyl (C=O) groups excluding carboxylic acids is 1. The van der Waals surface area contributed by atoms with Crippen molar-refractivity contribution >= 4 is 23.4 Å². The maximum atomic E-state index is 12.1. The van der Waals surface area contributed by atoms with E-state index in [0.29, 0.717) is 17.6 Å². The minimum atomic E-state index is -0.0908. The van der Waals surface area contributed by atoms with Crippen LogP contribution in [0.3, 0.4) is 0 Å². The highest BCUT2D eigenvalue weighted by Gasteiger charge is 2.09. The zero-order valence-electron chi connectivity index (χ0n) is 14.7. The lowest BCUT2D eigenvalue weighted by atomic mass is 10.1. The predicted octanol–water partition coefficient (Wildman–Crippen LogP) is 3.73. The minimum absolute atomic E-state index is 0.0908. The number of thioether (sulfide) groups is 1. The Kier molecular flexibility index (Phi) is 5.91. The molecule has 0 radical (unpaired) electrons. The molecular weight excluding hydrogens is 348 g/mol. The van der Waals surface area contributed by atoms with Gasteiger partial charge in [0.25, 0.3) is 0 Å². The number of nitrogens with zero attached hydrogens (tertiary/aromatic N) is 2. The molecule has 2 aromatic carbocycles. The summed E-state index contributed by atoms with van der Waals surface area (Å²) < 4.78 is 5.61. The van der Waals surface area contributed by atoms with Gasteiger partial charge >= 0.3 is 0 Å². The average molecular weight is 368 g/mol. The van der Waals surface area contributed by atoms with Gasteiger partial charge in [0.2, 0.25) is 11.1 Å². The highest BCUT2D eigenvalue weighted by atomic mass is 32.2. The van der Waals surface area contributed by atoms with Crippen molar-refractivity contribution in [2.24, 2.45) is 0 Å². The molecule has 0 bridgehead atoms. The second-order valence-corrected chi connectivity index (χ2v) is 6.82. The first kappa shape index (κ1) is 18.0. The summed E-state index contributed by atoms with van der Waals surface area (Å²) in [6, 6.07) is 15.5. The van der Waals surface area contributed by atoms with Crippen LogP contribution < -0.4 is 10.1 Å². The van der Waals surface area contributed by atoms with Crippen molar-refractivity contribution in [3.63, 3.8) is 0 Å². The van der Waals surface area contributed by atoms with E-state index in [2.05, 4.69) is 26.6 Å². The third kappa shape index (κ3) is 5.35. The fourth-order valence-corrected chi connectivity index (χ4v) is 3.07. The van der Waals surface area contributed by atoms with Gasteiger partial charge in [0.15, 0.2) is 5.82 Å². The Hall–Kier alpha value is -2.80. The summed E-state index contributed by atoms with van der Waals surface area (Å²) in [6.45, 7) is 4.31. The molecule has 0 fully saturated rings. The molecule has 6 nitrogen and oxygen atoms in total. The van der Waals surface area contributed by atoms with E-state index < -0.39 is 0 Å². The summed E-state index contributed by atoms with van der Waals surface area (Å²) in [5, 5.41) is 10.3. The number of hydrogen-bond donors (Lipinski definition) is 2. The van der Waals surface area contributed by atoms with E-state index >= 15 is 0 Å². The van der Waals surface area contributed by atoms with E-state index in [4.69, 9.17) is 4.74 Å². The predicted molar refractivity (Wildman–Crippen MR) is 102 cm³/mol. The quantitative estimate of drug-likeness (QED) is 0.621. The largest absolute Gasteiger partial charge is 0.486 e. The highest BCUT2D eigenvalue weighted by Crippen LogP contribution is 2.17. The Bertz CT molecular complexity index is 860. The topological polar surface area (TPSA) is 79.9 Å². The van der Waals surface area contributed by atoms with Crippen LogP contribution >= 0.6 is 11.8 Å². The van der Waals surface area contributed by atoms with Crippen molar-refractivity contribution in [1.82, 2.24) is 15.2 Å². The van der Waals surface area contributed by atoms with Crippen molar-refractivity contribution in [3.8, 4) is 5.75 Å². The molecule has 3 rings (SSSR count). The molecule has 0 aliphatic heterocycles. The highest BCUT2D eigenvalue weighted by molar-refractivity contribution is 7.99. The summed E-state index contributed by atoms with van der Waals surface area (Å²) in [4.78, 5) is 16.4. The van der Waals surface area contributed by atoms with Gasteiger partial charge in [0.1, 0.15) is 12.4 Å². The normalized spacial score (nSPS) is 10.5. The number of para-hydroxylation sites is 1. The molecular formula is C19H20N4O2S. The van der Waals surface area contributed by atoms with Crippen LogP contribution in [0.4, 0.5) is 5.69 Å². The smallest absolute Gasteiger partial charge is 0.234 e. The molecule has 1 aromatic heterocycles. The second-order valence-electron chi connectivity index (χ2n) is 5.88. The molecule has 1 heterocycles. The number of ether oxygens (including phenoxy) is 1. The van der Waals surface area contributed by atoms with E-state index in [1.165, 1.54) is 11.8 Å². The Morgan fingerprint density at radius 3 is 2.62 bits per heavy atom. The first-order valence-corrected chi connectivity index (χ1v) is 9.17. The molecule has 0 aliphatic carbocycles. The van der Waals surface area contributed by atoms with E-state index in [0.717, 1.165) is 22.6 Å². The number of nitrogens with one attached hydrogen (secondary N) is 2. The van der Waals surface area contributed by atoms with Gasteiger partial charge in [-0.15, -0.1) is 5.10 Å². The second kappa shape index (κ2) is 8.53. The van der Waals surface area contributed by atoms with Crippen molar-refractivity contribution in [1.29, 1.82) is 0 Å². The summed E-state index contributed by atoms with van der Waals surface area (Å²) in [5.41, 5.74) is 3.04. The zero-order chi connectivity index (χ0) is 18.4. The maximum Gasteiger partial charge on any atom is 0.234 e. The van der Waals surface area contributed by atoms with E-state index in [1.807, 2.05) is 56.3 Å². The summed E-state index contributed by atoms with van der Waals surface area (Å²) in [7, 11) is 0. The molecule has 3 aromatic rings. The van der Waals surface area contributed by atoms with Crippen LogP contribution in [0.2, 0.25) is 0 Å². The van der Waals surface area contributed by atoms with Crippen molar-refractivity contribution < 1.29 is 9.53 Å². The monoisotopic (exact) mass is 368 g/mol. The number of amides is 1. The molecule has 0 aliphatic rings. The molecule has 0 saturated heterocycles. The van der Waals surface area contributed by atoms with Crippen LogP contribution in [0.15, 0.2) is 53.7 Å². The van der Waals surface area contributed by atoms with Gasteiger partial charge in [-0.25, -0.2) is 4.98 Å². The molecule has 7 heteroatoms. The molecule has 26 heavy (non-hydrogen) atoms. The molecule has 0 spiro atoms. The fourth-order valence-electron chi connectivity index (χ4n) is 2.45. The van der Waals surface area contributed by atoms with Crippen LogP contribution in [-0.4, -0.2) is 26.8 Å². The van der Waals surface area contributed by atoms with Gasteiger partial charge in [-0.05, 0) is 49.2 Å². The first-order valence-electron chi connectivity index (χ1n) is 8.18. The number of aromatic nitrogens is 3. The number of aryl methyl sites for hydroxylation is 2. The number of aromatic amines is 1. The van der Waals surface area contributed by atoms with Crippen LogP contribution in [0.1, 0.15) is 17.0 Å². The zero-order valence-corrected chi connectivity index (χ0v) is 15.5. The van der Waals surface area contributed by atoms with Crippen LogP contribution in [0.25, 0.3) is 0 Å². The molecule has 0 saturated carbocycles. The molecule has 2 N–H and O–H groups in total. The summed E-state index contributed by atoms with van der Waals surface area (Å²) in [6.07, 6.45) is 0. The third-order valence-corrected chi connectivity index (χ3v) is 4.32. The van der Waals surface area contributed by atoms with Crippen molar-refractivity contribution in [3.05, 3.63) is 65.5 Å². The fraction of sp³-hybridized carbons (Fsp3) is 0.211. The molecule has 0 unspecified atom stereocenters. The maximum absolute atomic E-state index is 12.1. The van der Waals surface area contributed by atoms with Crippen molar-refractivity contribution in [2.75, 3.05) is 11.1 Å². The lowest BCUT2D eigenvalue weighted by molar-refractivity contribution is -0.113.